The fourth-order valence-electron chi connectivity index (χ4n) is 1.09. The minimum atomic E-state index is -1.04. The Morgan fingerprint density at radius 2 is 2.33 bits per heavy atom. The van der Waals surface area contributed by atoms with E-state index in [1.54, 1.807) is 12.1 Å². The van der Waals surface area contributed by atoms with Gasteiger partial charge in [-0.1, -0.05) is 0 Å². The van der Waals surface area contributed by atoms with Crippen molar-refractivity contribution in [3.8, 4) is 15.8 Å². The summed E-state index contributed by atoms with van der Waals surface area (Å²) in [5.41, 5.74) is 1.54. The smallest absolute Gasteiger partial charge is 0.356 e. The Balaban J connectivity index is 2.50. The summed E-state index contributed by atoms with van der Waals surface area (Å²) in [4.78, 5) is 16.5. The van der Waals surface area contributed by atoms with Crippen LogP contribution in [0.25, 0.3) is 9.75 Å². The number of hydrogen-bond donors (Lipinski definition) is 1. The predicted octanol–water partition coefficient (Wildman–Crippen LogP) is 2.44. The second-order valence-electron chi connectivity index (χ2n) is 2.61. The number of rotatable bonds is 2. The fraction of sp³-hybridized carbons (Fsp3) is 0. The van der Waals surface area contributed by atoms with Crippen LogP contribution in [-0.4, -0.2) is 16.1 Å². The van der Waals surface area contributed by atoms with Crippen LogP contribution in [0.15, 0.2) is 17.6 Å². The average Bonchev–Trinajstić information content (AvgIpc) is 2.85. The van der Waals surface area contributed by atoms with Crippen LogP contribution < -0.4 is 0 Å². The molecule has 2 rings (SSSR count). The van der Waals surface area contributed by atoms with Crippen molar-refractivity contribution in [2.75, 3.05) is 0 Å². The third-order valence-electron chi connectivity index (χ3n) is 1.71. The molecule has 2 heterocycles. The Hall–Kier alpha value is -1.71. The molecule has 0 aliphatic carbocycles. The number of carboxylic acid groups (broad SMARTS) is 1. The number of aromatic carboxylic acids is 1. The highest BCUT2D eigenvalue weighted by atomic mass is 32.1. The molecule has 0 saturated carbocycles. The number of thiophene rings is 1. The van der Waals surface area contributed by atoms with E-state index in [1.807, 2.05) is 6.07 Å². The van der Waals surface area contributed by atoms with Crippen molar-refractivity contribution < 1.29 is 9.90 Å². The molecule has 2 aromatic heterocycles. The number of carboxylic acids is 1. The highest BCUT2D eigenvalue weighted by molar-refractivity contribution is 7.21. The molecule has 0 aliphatic rings. The summed E-state index contributed by atoms with van der Waals surface area (Å²) in [6.07, 6.45) is 0. The first-order chi connectivity index (χ1) is 7.22. The third-order valence-corrected chi connectivity index (χ3v) is 3.71. The Bertz CT molecular complexity index is 550. The molecule has 0 fully saturated rings. The number of aromatic nitrogens is 1. The molecule has 74 valence electrons. The summed E-state index contributed by atoms with van der Waals surface area (Å²) in [6.45, 7) is 0. The second-order valence-corrected chi connectivity index (χ2v) is 4.55. The average molecular weight is 236 g/mol. The highest BCUT2D eigenvalue weighted by Gasteiger charge is 2.16. The molecular weight excluding hydrogens is 232 g/mol. The number of hydrogen-bond acceptors (Lipinski definition) is 5. The van der Waals surface area contributed by atoms with E-state index in [4.69, 9.17) is 10.4 Å². The van der Waals surface area contributed by atoms with Gasteiger partial charge in [-0.15, -0.1) is 22.7 Å². The van der Waals surface area contributed by atoms with Gasteiger partial charge in [-0.3, -0.25) is 0 Å². The lowest BCUT2D eigenvalue weighted by Crippen LogP contribution is -1.97. The highest BCUT2D eigenvalue weighted by Crippen LogP contribution is 2.33. The van der Waals surface area contributed by atoms with Crippen LogP contribution in [0.5, 0.6) is 0 Å². The van der Waals surface area contributed by atoms with E-state index in [2.05, 4.69) is 4.98 Å². The maximum absolute atomic E-state index is 10.8. The Kier molecular flexibility index (Phi) is 2.49. The van der Waals surface area contributed by atoms with Crippen molar-refractivity contribution >= 4 is 28.6 Å². The monoisotopic (exact) mass is 236 g/mol. The zero-order valence-corrected chi connectivity index (χ0v) is 8.93. The molecule has 1 N–H and O–H groups in total. The van der Waals surface area contributed by atoms with Crippen molar-refractivity contribution in [2.24, 2.45) is 0 Å². The van der Waals surface area contributed by atoms with Crippen molar-refractivity contribution in [2.45, 2.75) is 0 Å². The predicted molar refractivity (Wildman–Crippen MR) is 57.1 cm³/mol. The summed E-state index contributed by atoms with van der Waals surface area (Å²) in [6, 6.07) is 5.42. The molecule has 0 unspecified atom stereocenters. The molecule has 0 aromatic carbocycles. The minimum absolute atomic E-state index is 0.0475. The summed E-state index contributed by atoms with van der Waals surface area (Å²) in [7, 11) is 0. The molecule has 6 heteroatoms. The molecule has 0 spiro atoms. The number of nitriles is 1. The van der Waals surface area contributed by atoms with Gasteiger partial charge >= 0.3 is 5.97 Å². The van der Waals surface area contributed by atoms with E-state index in [1.165, 1.54) is 28.2 Å². The van der Waals surface area contributed by atoms with Crippen molar-refractivity contribution in [1.82, 2.24) is 4.98 Å². The lowest BCUT2D eigenvalue weighted by Gasteiger charge is -1.92. The van der Waals surface area contributed by atoms with Crippen LogP contribution in [-0.2, 0) is 0 Å². The van der Waals surface area contributed by atoms with E-state index in [0.717, 1.165) is 4.88 Å². The minimum Gasteiger partial charge on any atom is -0.476 e. The molecule has 0 saturated heterocycles. The van der Waals surface area contributed by atoms with Gasteiger partial charge in [-0.2, -0.15) is 5.26 Å². The Labute approximate surface area is 93.1 Å². The van der Waals surface area contributed by atoms with Gasteiger partial charge in [-0.25, -0.2) is 9.78 Å². The summed E-state index contributed by atoms with van der Waals surface area (Å²) in [5.74, 6) is -1.04. The number of nitrogens with zero attached hydrogens (tertiary/aromatic N) is 2. The molecule has 2 aromatic rings. The molecule has 15 heavy (non-hydrogen) atoms. The molecule has 0 bridgehead atoms. The van der Waals surface area contributed by atoms with E-state index >= 15 is 0 Å². The van der Waals surface area contributed by atoms with Gasteiger partial charge < -0.3 is 5.11 Å². The first kappa shape index (κ1) is 9.83. The Morgan fingerprint density at radius 1 is 1.53 bits per heavy atom. The van der Waals surface area contributed by atoms with E-state index in [0.29, 0.717) is 9.75 Å². The summed E-state index contributed by atoms with van der Waals surface area (Å²) in [5, 5.41) is 17.5. The van der Waals surface area contributed by atoms with Crippen LogP contribution in [0.3, 0.4) is 0 Å². The maximum Gasteiger partial charge on any atom is 0.356 e. The molecule has 0 atom stereocenters. The molecule has 4 nitrogen and oxygen atoms in total. The van der Waals surface area contributed by atoms with Gasteiger partial charge in [-0.05, 0) is 12.1 Å². The van der Waals surface area contributed by atoms with Gasteiger partial charge in [0.15, 0.2) is 5.69 Å². The van der Waals surface area contributed by atoms with Gasteiger partial charge in [0.2, 0.25) is 0 Å². The quantitative estimate of drug-likeness (QED) is 0.869. The molecular formula is C9H4N2O2S2. The zero-order valence-electron chi connectivity index (χ0n) is 7.30. The number of thiazole rings is 1. The molecule has 0 aliphatic heterocycles. The van der Waals surface area contributed by atoms with Gasteiger partial charge in [0.25, 0.3) is 0 Å². The topological polar surface area (TPSA) is 74.0 Å². The standard InChI is InChI=1S/C9H4N2O2S2/c10-3-5-1-2-6(15-5)8-7(9(12)13)11-4-14-8/h1-2,4H,(H,12,13). The first-order valence-corrected chi connectivity index (χ1v) is 5.59. The summed E-state index contributed by atoms with van der Waals surface area (Å²) < 4.78 is 0. The second kappa shape index (κ2) is 3.81. The Morgan fingerprint density at radius 3 is 2.93 bits per heavy atom. The zero-order chi connectivity index (χ0) is 10.8. The van der Waals surface area contributed by atoms with Crippen molar-refractivity contribution in [1.29, 1.82) is 5.26 Å². The van der Waals surface area contributed by atoms with E-state index in [-0.39, 0.29) is 5.69 Å². The van der Waals surface area contributed by atoms with Crippen LogP contribution in [0.1, 0.15) is 15.4 Å². The van der Waals surface area contributed by atoms with Gasteiger partial charge in [0.1, 0.15) is 10.9 Å². The van der Waals surface area contributed by atoms with Crippen molar-refractivity contribution in [3.05, 3.63) is 28.2 Å². The molecule has 0 radical (unpaired) electrons. The van der Waals surface area contributed by atoms with Crippen LogP contribution in [0.4, 0.5) is 0 Å². The lowest BCUT2D eigenvalue weighted by atomic mass is 10.3. The lowest BCUT2D eigenvalue weighted by molar-refractivity contribution is 0.0692. The van der Waals surface area contributed by atoms with Gasteiger partial charge in [0, 0.05) is 4.88 Å². The number of carbonyl (C=O) groups is 1. The largest absolute Gasteiger partial charge is 0.476 e. The molecule has 0 amide bonds. The fourth-order valence-corrected chi connectivity index (χ4v) is 2.81. The SMILES string of the molecule is N#Cc1ccc(-c2scnc2C(=O)O)s1. The first-order valence-electron chi connectivity index (χ1n) is 3.89. The van der Waals surface area contributed by atoms with E-state index in [9.17, 15) is 4.79 Å². The van der Waals surface area contributed by atoms with Gasteiger partial charge in [0.05, 0.1) is 10.4 Å². The maximum atomic E-state index is 10.8. The van der Waals surface area contributed by atoms with Crippen molar-refractivity contribution in [3.63, 3.8) is 0 Å². The van der Waals surface area contributed by atoms with Crippen LogP contribution in [0.2, 0.25) is 0 Å². The van der Waals surface area contributed by atoms with Crippen LogP contribution >= 0.6 is 22.7 Å². The van der Waals surface area contributed by atoms with Crippen LogP contribution in [0, 0.1) is 11.3 Å². The normalized spacial score (nSPS) is 9.80. The third kappa shape index (κ3) is 1.75. The summed E-state index contributed by atoms with van der Waals surface area (Å²) >= 11 is 2.53. The van der Waals surface area contributed by atoms with E-state index < -0.39 is 5.97 Å².